The van der Waals surface area contributed by atoms with E-state index in [1.165, 1.54) is 4.90 Å². The summed E-state index contributed by atoms with van der Waals surface area (Å²) >= 11 is 7.80. The van der Waals surface area contributed by atoms with Crippen LogP contribution in [0.15, 0.2) is 76.2 Å². The molecule has 1 saturated heterocycles. The van der Waals surface area contributed by atoms with Crippen LogP contribution in [0, 0.1) is 0 Å². The summed E-state index contributed by atoms with van der Waals surface area (Å²) in [6, 6.07) is 19.9. The largest absolute Gasteiger partial charge is 0.459 e. The molecule has 4 nitrogen and oxygen atoms in total. The Hall–Kier alpha value is -2.37. The van der Waals surface area contributed by atoms with Gasteiger partial charge in [0.2, 0.25) is 0 Å². The van der Waals surface area contributed by atoms with Gasteiger partial charge in [0.1, 0.15) is 0 Å². The van der Waals surface area contributed by atoms with Crippen molar-refractivity contribution in [3.63, 3.8) is 0 Å². The summed E-state index contributed by atoms with van der Waals surface area (Å²) in [7, 11) is 0. The molecule has 0 atom stereocenters. The molecule has 144 valence electrons. The number of carbonyl (C=O) groups excluding carboxylic acids is 1. The van der Waals surface area contributed by atoms with Gasteiger partial charge >= 0.3 is 0 Å². The molecule has 1 aromatic heterocycles. The highest BCUT2D eigenvalue weighted by atomic mass is 35.5. The molecule has 3 aromatic rings. The van der Waals surface area contributed by atoms with Crippen molar-refractivity contribution >= 4 is 35.0 Å². The molecule has 0 radical (unpaired) electrons. The molecule has 2 heterocycles. The van der Waals surface area contributed by atoms with E-state index in [-0.39, 0.29) is 5.91 Å². The fourth-order valence-corrected chi connectivity index (χ4v) is 4.38. The molecule has 28 heavy (non-hydrogen) atoms. The monoisotopic (exact) mass is 412 g/mol. The maximum absolute atomic E-state index is 13.0. The number of anilines is 1. The Morgan fingerprint density at radius 3 is 2.54 bits per heavy atom. The number of carbonyl (C=O) groups is 1. The van der Waals surface area contributed by atoms with E-state index >= 15 is 0 Å². The van der Waals surface area contributed by atoms with E-state index in [1.54, 1.807) is 18.0 Å². The first-order valence-corrected chi connectivity index (χ1v) is 10.6. The second-order valence-corrected chi connectivity index (χ2v) is 8.12. The van der Waals surface area contributed by atoms with E-state index < -0.39 is 0 Å². The summed E-state index contributed by atoms with van der Waals surface area (Å²) in [5.41, 5.74) is 2.04. The van der Waals surface area contributed by atoms with E-state index in [9.17, 15) is 4.79 Å². The minimum Gasteiger partial charge on any atom is -0.459 e. The van der Waals surface area contributed by atoms with Gasteiger partial charge in [-0.1, -0.05) is 35.9 Å². The highest BCUT2D eigenvalue weighted by Gasteiger charge is 2.26. The van der Waals surface area contributed by atoms with Gasteiger partial charge in [-0.3, -0.25) is 4.79 Å². The SMILES string of the molecule is O=C(c1occc1CSc1ccccc1)N1CCN(c2cccc(Cl)c2)CC1. The number of nitrogens with zero attached hydrogens (tertiary/aromatic N) is 2. The molecule has 0 aliphatic carbocycles. The Morgan fingerprint density at radius 2 is 1.79 bits per heavy atom. The second-order valence-electron chi connectivity index (χ2n) is 6.64. The van der Waals surface area contributed by atoms with Crippen LogP contribution in [0.3, 0.4) is 0 Å². The molecule has 1 aliphatic rings. The van der Waals surface area contributed by atoms with Gasteiger partial charge < -0.3 is 14.2 Å². The van der Waals surface area contributed by atoms with Crippen LogP contribution < -0.4 is 4.90 Å². The van der Waals surface area contributed by atoms with Crippen LogP contribution in [0.1, 0.15) is 16.1 Å². The van der Waals surface area contributed by atoms with Crippen molar-refractivity contribution in [2.45, 2.75) is 10.6 Å². The van der Waals surface area contributed by atoms with Gasteiger partial charge in [-0.05, 0) is 36.4 Å². The van der Waals surface area contributed by atoms with Crippen LogP contribution in [0.25, 0.3) is 0 Å². The molecule has 2 aromatic carbocycles. The van der Waals surface area contributed by atoms with E-state index in [0.29, 0.717) is 24.6 Å². The van der Waals surface area contributed by atoms with Gasteiger partial charge in [-0.25, -0.2) is 0 Å². The predicted molar refractivity (Wildman–Crippen MR) is 114 cm³/mol. The number of halogens is 1. The molecule has 0 spiro atoms. The molecular formula is C22H21ClN2O2S. The number of piperazine rings is 1. The minimum absolute atomic E-state index is 0.0283. The molecular weight excluding hydrogens is 392 g/mol. The number of amides is 1. The minimum atomic E-state index is -0.0283. The number of hydrogen-bond acceptors (Lipinski definition) is 4. The van der Waals surface area contributed by atoms with Crippen LogP contribution in [-0.4, -0.2) is 37.0 Å². The lowest BCUT2D eigenvalue weighted by Gasteiger charge is -2.36. The van der Waals surface area contributed by atoms with Crippen LogP contribution in [0.2, 0.25) is 5.02 Å². The zero-order chi connectivity index (χ0) is 19.3. The standard InChI is InChI=1S/C22H21ClN2O2S/c23-18-5-4-6-19(15-18)24-10-12-25(13-11-24)22(26)21-17(9-14-27-21)16-28-20-7-2-1-3-8-20/h1-9,14-15H,10-13,16H2. The third kappa shape index (κ3) is 4.37. The maximum atomic E-state index is 13.0. The Labute approximate surface area is 174 Å². The van der Waals surface area contributed by atoms with E-state index in [0.717, 1.165) is 29.4 Å². The zero-order valence-corrected chi connectivity index (χ0v) is 17.0. The number of hydrogen-bond donors (Lipinski definition) is 0. The lowest BCUT2D eigenvalue weighted by molar-refractivity contribution is 0.0713. The van der Waals surface area contributed by atoms with Crippen molar-refractivity contribution in [3.05, 3.63) is 83.3 Å². The lowest BCUT2D eigenvalue weighted by atomic mass is 10.2. The van der Waals surface area contributed by atoms with Crippen LogP contribution in [-0.2, 0) is 5.75 Å². The quantitative estimate of drug-likeness (QED) is 0.540. The Morgan fingerprint density at radius 1 is 1.00 bits per heavy atom. The summed E-state index contributed by atoms with van der Waals surface area (Å²) in [5.74, 6) is 1.14. The Kier molecular flexibility index (Phi) is 5.93. The smallest absolute Gasteiger partial charge is 0.289 e. The lowest BCUT2D eigenvalue weighted by Crippen LogP contribution is -2.48. The van der Waals surface area contributed by atoms with Crippen LogP contribution in [0.4, 0.5) is 5.69 Å². The van der Waals surface area contributed by atoms with Crippen LogP contribution in [0.5, 0.6) is 0 Å². The van der Waals surface area contributed by atoms with Gasteiger partial charge in [0.15, 0.2) is 5.76 Å². The summed E-state index contributed by atoms with van der Waals surface area (Å²) in [4.78, 5) is 18.3. The molecule has 6 heteroatoms. The number of thioether (sulfide) groups is 1. The molecule has 1 aliphatic heterocycles. The molecule has 0 N–H and O–H groups in total. The third-order valence-corrected chi connectivity index (χ3v) is 6.11. The fourth-order valence-electron chi connectivity index (χ4n) is 3.30. The van der Waals surface area contributed by atoms with Gasteiger partial charge in [-0.2, -0.15) is 0 Å². The van der Waals surface area contributed by atoms with Gasteiger partial charge in [0.25, 0.3) is 5.91 Å². The number of furan rings is 1. The normalized spacial score (nSPS) is 14.3. The van der Waals surface area contributed by atoms with Crippen molar-refractivity contribution in [3.8, 4) is 0 Å². The maximum Gasteiger partial charge on any atom is 0.289 e. The first-order valence-electron chi connectivity index (χ1n) is 9.25. The van der Waals surface area contributed by atoms with E-state index in [2.05, 4.69) is 23.1 Å². The van der Waals surface area contributed by atoms with Crippen molar-refractivity contribution in [1.82, 2.24) is 4.90 Å². The second kappa shape index (κ2) is 8.76. The van der Waals surface area contributed by atoms with Crippen molar-refractivity contribution in [1.29, 1.82) is 0 Å². The summed E-state index contributed by atoms with van der Waals surface area (Å²) in [6.07, 6.45) is 1.61. The van der Waals surface area contributed by atoms with E-state index in [1.807, 2.05) is 47.4 Å². The average Bonchev–Trinajstić information content (AvgIpc) is 3.21. The highest BCUT2D eigenvalue weighted by Crippen LogP contribution is 2.26. The van der Waals surface area contributed by atoms with Crippen molar-refractivity contribution in [2.24, 2.45) is 0 Å². The van der Waals surface area contributed by atoms with E-state index in [4.69, 9.17) is 16.0 Å². The third-order valence-electron chi connectivity index (χ3n) is 4.82. The molecule has 1 fully saturated rings. The van der Waals surface area contributed by atoms with Gasteiger partial charge in [0, 0.05) is 53.1 Å². The van der Waals surface area contributed by atoms with Crippen LogP contribution >= 0.6 is 23.4 Å². The molecule has 0 bridgehead atoms. The first-order chi connectivity index (χ1) is 13.7. The van der Waals surface area contributed by atoms with Gasteiger partial charge in [-0.15, -0.1) is 11.8 Å². The predicted octanol–water partition coefficient (Wildman–Crippen LogP) is 5.19. The molecule has 0 saturated carbocycles. The van der Waals surface area contributed by atoms with Gasteiger partial charge in [0.05, 0.1) is 6.26 Å². The summed E-state index contributed by atoms with van der Waals surface area (Å²) in [6.45, 7) is 2.89. The van der Waals surface area contributed by atoms with Crippen molar-refractivity contribution in [2.75, 3.05) is 31.1 Å². The molecule has 1 amide bonds. The van der Waals surface area contributed by atoms with Crippen molar-refractivity contribution < 1.29 is 9.21 Å². The topological polar surface area (TPSA) is 36.7 Å². The summed E-state index contributed by atoms with van der Waals surface area (Å²) in [5, 5.41) is 0.729. The first kappa shape index (κ1) is 19.0. The average molecular weight is 413 g/mol. The number of benzene rings is 2. The molecule has 4 rings (SSSR count). The highest BCUT2D eigenvalue weighted by molar-refractivity contribution is 7.98. The fraction of sp³-hybridized carbons (Fsp3) is 0.227. The Balaban J connectivity index is 1.37. The number of rotatable bonds is 5. The Bertz CT molecular complexity index is 936. The summed E-state index contributed by atoms with van der Waals surface area (Å²) < 4.78 is 5.56. The molecule has 0 unspecified atom stereocenters. The zero-order valence-electron chi connectivity index (χ0n) is 15.4.